The van der Waals surface area contributed by atoms with Crippen LogP contribution in [0.5, 0.6) is 0 Å². The molecule has 4 rings (SSSR count). The van der Waals surface area contributed by atoms with Gasteiger partial charge in [0.15, 0.2) is 5.52 Å². The first-order valence-corrected chi connectivity index (χ1v) is 11.7. The van der Waals surface area contributed by atoms with E-state index in [1.54, 1.807) is 4.57 Å². The fraction of sp³-hybridized carbons (Fsp3) is 0.583. The molecule has 0 bridgehead atoms. The lowest BCUT2D eigenvalue weighted by Gasteiger charge is -2.07. The van der Waals surface area contributed by atoms with E-state index in [1.807, 2.05) is 24.3 Å². The van der Waals surface area contributed by atoms with Gasteiger partial charge in [-0.1, -0.05) is 76.8 Å². The first-order chi connectivity index (χ1) is 14.7. The molecule has 0 spiro atoms. The highest BCUT2D eigenvalue weighted by molar-refractivity contribution is 5.79. The van der Waals surface area contributed by atoms with Gasteiger partial charge in [0.1, 0.15) is 18.6 Å². The molecular formula is C24H33N4O2+. The molecule has 0 unspecified atom stereocenters. The number of hydrogen-bond acceptors (Lipinski definition) is 3. The standard InChI is InChI=1S/C24H33N4O2/c1-2-3-4-5-6-7-8-9-10-13-16-28-23(29)21-22-26(17-18-27(22)24(28)30)20-15-12-11-14-19(20)25-21/h11-12,14-15H,2-10,13,16-18H2,1H3/q+1. The molecule has 0 saturated heterocycles. The Kier molecular flexibility index (Phi) is 6.60. The Bertz CT molecular complexity index is 1150. The molecule has 3 aromatic rings. The summed E-state index contributed by atoms with van der Waals surface area (Å²) in [6, 6.07) is 7.82. The van der Waals surface area contributed by atoms with Gasteiger partial charge in [0.05, 0.1) is 0 Å². The minimum atomic E-state index is -0.247. The number of benzene rings is 1. The van der Waals surface area contributed by atoms with Gasteiger partial charge in [-0.05, 0) is 18.6 Å². The SMILES string of the molecule is CCCCCCCCCCCCn1c(=O)c2nc3ccccc3[n+]3c2n(c1=O)CC3. The Morgan fingerprint density at radius 3 is 2.33 bits per heavy atom. The summed E-state index contributed by atoms with van der Waals surface area (Å²) in [6.45, 7) is 4.04. The summed E-state index contributed by atoms with van der Waals surface area (Å²) in [5.74, 6) is 0. The molecule has 160 valence electrons. The van der Waals surface area contributed by atoms with Crippen molar-refractivity contribution < 1.29 is 4.57 Å². The number of unbranched alkanes of at least 4 members (excludes halogenated alkanes) is 9. The topological polar surface area (TPSA) is 60.8 Å². The maximum atomic E-state index is 13.1. The maximum absolute atomic E-state index is 13.1. The van der Waals surface area contributed by atoms with Crippen LogP contribution >= 0.6 is 0 Å². The Morgan fingerprint density at radius 2 is 1.60 bits per heavy atom. The summed E-state index contributed by atoms with van der Waals surface area (Å²) in [7, 11) is 0. The maximum Gasteiger partial charge on any atom is 0.418 e. The smallest absolute Gasteiger partial charge is 0.266 e. The van der Waals surface area contributed by atoms with Crippen molar-refractivity contribution in [1.82, 2.24) is 14.1 Å². The normalized spacial score (nSPS) is 13.0. The van der Waals surface area contributed by atoms with Crippen LogP contribution in [0.25, 0.3) is 22.2 Å². The van der Waals surface area contributed by atoms with Crippen LogP contribution < -0.4 is 15.8 Å². The van der Waals surface area contributed by atoms with Gasteiger partial charge < -0.3 is 0 Å². The van der Waals surface area contributed by atoms with E-state index in [4.69, 9.17) is 0 Å². The minimum absolute atomic E-state index is 0.188. The van der Waals surface area contributed by atoms with E-state index < -0.39 is 0 Å². The van der Waals surface area contributed by atoms with Gasteiger partial charge >= 0.3 is 11.3 Å². The van der Waals surface area contributed by atoms with Gasteiger partial charge in [0.2, 0.25) is 5.52 Å². The summed E-state index contributed by atoms with van der Waals surface area (Å²) in [5.41, 5.74) is 2.43. The highest BCUT2D eigenvalue weighted by atomic mass is 16.2. The summed E-state index contributed by atoms with van der Waals surface area (Å²) in [6.07, 6.45) is 12.3. The first kappa shape index (κ1) is 20.8. The van der Waals surface area contributed by atoms with E-state index in [1.165, 1.54) is 55.9 Å². The highest BCUT2D eigenvalue weighted by Crippen LogP contribution is 2.15. The third kappa shape index (κ3) is 4.05. The lowest BCUT2D eigenvalue weighted by Crippen LogP contribution is -2.42. The second-order valence-electron chi connectivity index (χ2n) is 8.50. The number of rotatable bonds is 11. The molecular weight excluding hydrogens is 376 g/mol. The quantitative estimate of drug-likeness (QED) is 0.274. The van der Waals surface area contributed by atoms with E-state index in [-0.39, 0.29) is 11.2 Å². The zero-order chi connectivity index (χ0) is 20.9. The van der Waals surface area contributed by atoms with Crippen molar-refractivity contribution in [1.29, 1.82) is 0 Å². The molecule has 30 heavy (non-hydrogen) atoms. The van der Waals surface area contributed by atoms with Gasteiger partial charge in [-0.2, -0.15) is 4.57 Å². The molecule has 0 N–H and O–H groups in total. The molecule has 1 aliphatic heterocycles. The minimum Gasteiger partial charge on any atom is -0.266 e. The van der Waals surface area contributed by atoms with Crippen LogP contribution in [0.1, 0.15) is 71.1 Å². The molecule has 0 fully saturated rings. The highest BCUT2D eigenvalue weighted by Gasteiger charge is 2.30. The van der Waals surface area contributed by atoms with Crippen molar-refractivity contribution in [3.8, 4) is 0 Å². The van der Waals surface area contributed by atoms with Crippen LogP contribution in [-0.2, 0) is 19.6 Å². The number of hydrogen-bond donors (Lipinski definition) is 0. The van der Waals surface area contributed by atoms with E-state index in [0.29, 0.717) is 30.8 Å². The van der Waals surface area contributed by atoms with Crippen molar-refractivity contribution in [3.05, 3.63) is 45.1 Å². The third-order valence-corrected chi connectivity index (χ3v) is 6.32. The van der Waals surface area contributed by atoms with Gasteiger partial charge in [-0.3, -0.25) is 4.79 Å². The largest absolute Gasteiger partial charge is 0.418 e. The summed E-state index contributed by atoms with van der Waals surface area (Å²) in [4.78, 5) is 30.7. The van der Waals surface area contributed by atoms with Crippen LogP contribution in [0.3, 0.4) is 0 Å². The third-order valence-electron chi connectivity index (χ3n) is 6.32. The number of fused-ring (bicyclic) bond motifs is 2. The fourth-order valence-electron chi connectivity index (χ4n) is 4.65. The van der Waals surface area contributed by atoms with E-state index >= 15 is 0 Å². The molecule has 1 aliphatic rings. The summed E-state index contributed by atoms with van der Waals surface area (Å²) in [5, 5.41) is 0. The molecule has 0 saturated carbocycles. The fourth-order valence-corrected chi connectivity index (χ4v) is 4.65. The Morgan fingerprint density at radius 1 is 0.933 bits per heavy atom. The number of aromatic nitrogens is 4. The second-order valence-corrected chi connectivity index (χ2v) is 8.50. The van der Waals surface area contributed by atoms with Crippen LogP contribution in [0.4, 0.5) is 0 Å². The van der Waals surface area contributed by atoms with Crippen LogP contribution in [0, 0.1) is 0 Å². The molecule has 2 aromatic heterocycles. The molecule has 0 amide bonds. The Hall–Kier alpha value is -2.50. The van der Waals surface area contributed by atoms with E-state index in [0.717, 1.165) is 23.9 Å². The zero-order valence-corrected chi connectivity index (χ0v) is 18.1. The average Bonchev–Trinajstić information content (AvgIpc) is 3.21. The van der Waals surface area contributed by atoms with E-state index in [9.17, 15) is 9.59 Å². The monoisotopic (exact) mass is 409 g/mol. The number of nitrogens with zero attached hydrogens (tertiary/aromatic N) is 4. The molecule has 3 heterocycles. The molecule has 1 aromatic carbocycles. The predicted octanol–water partition coefficient (Wildman–Crippen LogP) is 3.93. The van der Waals surface area contributed by atoms with Crippen molar-refractivity contribution in [3.63, 3.8) is 0 Å². The average molecular weight is 410 g/mol. The lowest BCUT2D eigenvalue weighted by molar-refractivity contribution is -0.637. The summed E-state index contributed by atoms with van der Waals surface area (Å²) < 4.78 is 5.20. The predicted molar refractivity (Wildman–Crippen MR) is 120 cm³/mol. The Balaban J connectivity index is 1.43. The van der Waals surface area contributed by atoms with E-state index in [2.05, 4.69) is 16.5 Å². The number of para-hydroxylation sites is 2. The Labute approximate surface area is 177 Å². The molecule has 0 atom stereocenters. The molecule has 0 radical (unpaired) electrons. The van der Waals surface area contributed by atoms with Gasteiger partial charge in [-0.15, -0.1) is 0 Å². The summed E-state index contributed by atoms with van der Waals surface area (Å²) >= 11 is 0. The van der Waals surface area contributed by atoms with Crippen molar-refractivity contribution in [2.24, 2.45) is 0 Å². The molecule has 6 nitrogen and oxygen atoms in total. The zero-order valence-electron chi connectivity index (χ0n) is 18.1. The van der Waals surface area contributed by atoms with Crippen molar-refractivity contribution in [2.45, 2.75) is 90.8 Å². The van der Waals surface area contributed by atoms with Crippen LogP contribution in [0.15, 0.2) is 33.9 Å². The van der Waals surface area contributed by atoms with Crippen molar-refractivity contribution in [2.75, 3.05) is 0 Å². The van der Waals surface area contributed by atoms with Crippen LogP contribution in [-0.4, -0.2) is 14.1 Å². The van der Waals surface area contributed by atoms with Crippen LogP contribution in [0.2, 0.25) is 0 Å². The van der Waals surface area contributed by atoms with Gasteiger partial charge in [0, 0.05) is 6.54 Å². The lowest BCUT2D eigenvalue weighted by atomic mass is 10.1. The molecule has 6 heteroatoms. The van der Waals surface area contributed by atoms with Gasteiger partial charge in [0.25, 0.3) is 5.56 Å². The number of aryl methyl sites for hydroxylation is 2. The van der Waals surface area contributed by atoms with Gasteiger partial charge in [-0.25, -0.2) is 18.9 Å². The first-order valence-electron chi connectivity index (χ1n) is 11.7. The second kappa shape index (κ2) is 9.54. The van der Waals surface area contributed by atoms with Crippen molar-refractivity contribution >= 4 is 22.2 Å². The molecule has 0 aliphatic carbocycles.